The minimum Gasteiger partial charge on any atom is -0.292 e. The summed E-state index contributed by atoms with van der Waals surface area (Å²) in [4.78, 5) is 16.2. The second kappa shape index (κ2) is 5.27. The molecule has 2 heteroatoms. The number of hydrogen-bond donors (Lipinski definition) is 0. The number of hydrogen-bond acceptors (Lipinski definition) is 2. The number of nitrogens with zero attached hydrogens (tertiary/aromatic N) is 1. The zero-order chi connectivity index (χ0) is 12.1. The Bertz CT molecular complexity index is 605. The van der Waals surface area contributed by atoms with Gasteiger partial charge in [-0.25, -0.2) is 4.98 Å². The molecule has 0 aliphatic carbocycles. The molecule has 0 unspecified atom stereocenters. The van der Waals surface area contributed by atoms with Gasteiger partial charge in [0.1, 0.15) is 5.69 Å². The second-order valence-corrected chi connectivity index (χ2v) is 3.74. The molecular weight excluding hydrogens is 210 g/mol. The Morgan fingerprint density at radius 3 is 2.88 bits per heavy atom. The summed E-state index contributed by atoms with van der Waals surface area (Å²) in [6.45, 7) is 1.78. The number of carbonyl (C=O) groups is 1. The van der Waals surface area contributed by atoms with Gasteiger partial charge >= 0.3 is 0 Å². The van der Waals surface area contributed by atoms with Crippen LogP contribution < -0.4 is 0 Å². The SMILES string of the molecule is CC#CCCC(=O)c1ccc2ccccc2n1. The second-order valence-electron chi connectivity index (χ2n) is 3.74. The van der Waals surface area contributed by atoms with Gasteiger partial charge in [-0.05, 0) is 19.1 Å². The zero-order valence-corrected chi connectivity index (χ0v) is 9.73. The molecule has 1 aromatic heterocycles. The Balaban J connectivity index is 2.23. The maximum Gasteiger partial charge on any atom is 0.182 e. The fourth-order valence-electron chi connectivity index (χ4n) is 1.65. The Labute approximate surface area is 101 Å². The first-order valence-corrected chi connectivity index (χ1v) is 5.60. The average molecular weight is 223 g/mol. The lowest BCUT2D eigenvalue weighted by atomic mass is 10.1. The molecule has 2 nitrogen and oxygen atoms in total. The van der Waals surface area contributed by atoms with E-state index in [0.29, 0.717) is 18.5 Å². The lowest BCUT2D eigenvalue weighted by molar-refractivity contribution is 0.0980. The van der Waals surface area contributed by atoms with Crippen LogP contribution in [0.2, 0.25) is 0 Å². The Morgan fingerprint density at radius 1 is 1.24 bits per heavy atom. The van der Waals surface area contributed by atoms with E-state index in [1.165, 1.54) is 0 Å². The number of fused-ring (bicyclic) bond motifs is 1. The minimum atomic E-state index is 0.0542. The number of carbonyl (C=O) groups excluding carboxylic acids is 1. The van der Waals surface area contributed by atoms with Crippen LogP contribution >= 0.6 is 0 Å². The van der Waals surface area contributed by atoms with Crippen LogP contribution in [0.15, 0.2) is 36.4 Å². The van der Waals surface area contributed by atoms with Crippen molar-refractivity contribution in [3.63, 3.8) is 0 Å². The van der Waals surface area contributed by atoms with Crippen molar-refractivity contribution in [2.24, 2.45) is 0 Å². The number of para-hydroxylation sites is 1. The first-order chi connectivity index (χ1) is 8.31. The number of benzene rings is 1. The smallest absolute Gasteiger partial charge is 0.182 e. The molecule has 0 aliphatic heterocycles. The Kier molecular flexibility index (Phi) is 3.52. The van der Waals surface area contributed by atoms with Crippen molar-refractivity contribution in [1.29, 1.82) is 0 Å². The summed E-state index contributed by atoms with van der Waals surface area (Å²) >= 11 is 0. The van der Waals surface area contributed by atoms with Gasteiger partial charge in [-0.2, -0.15) is 0 Å². The summed E-state index contributed by atoms with van der Waals surface area (Å²) in [6.07, 6.45) is 1.04. The monoisotopic (exact) mass is 223 g/mol. The van der Waals surface area contributed by atoms with E-state index in [1.807, 2.05) is 30.3 Å². The zero-order valence-electron chi connectivity index (χ0n) is 9.73. The van der Waals surface area contributed by atoms with Crippen LogP contribution in [0.25, 0.3) is 10.9 Å². The summed E-state index contributed by atoms with van der Waals surface area (Å²) in [7, 11) is 0. The van der Waals surface area contributed by atoms with E-state index in [4.69, 9.17) is 0 Å². The van der Waals surface area contributed by atoms with Crippen molar-refractivity contribution in [3.8, 4) is 11.8 Å². The van der Waals surface area contributed by atoms with Crippen LogP contribution in [0.4, 0.5) is 0 Å². The maximum absolute atomic E-state index is 11.8. The first-order valence-electron chi connectivity index (χ1n) is 5.60. The molecule has 1 heterocycles. The van der Waals surface area contributed by atoms with Gasteiger partial charge < -0.3 is 0 Å². The van der Waals surface area contributed by atoms with E-state index in [1.54, 1.807) is 13.0 Å². The van der Waals surface area contributed by atoms with E-state index in [2.05, 4.69) is 16.8 Å². The van der Waals surface area contributed by atoms with Crippen LogP contribution in [0.5, 0.6) is 0 Å². The Morgan fingerprint density at radius 2 is 2.06 bits per heavy atom. The van der Waals surface area contributed by atoms with Gasteiger partial charge in [0.15, 0.2) is 5.78 Å². The molecule has 0 N–H and O–H groups in total. The van der Waals surface area contributed by atoms with Crippen molar-refractivity contribution in [2.45, 2.75) is 19.8 Å². The summed E-state index contributed by atoms with van der Waals surface area (Å²) in [6, 6.07) is 11.5. The summed E-state index contributed by atoms with van der Waals surface area (Å²) < 4.78 is 0. The minimum absolute atomic E-state index is 0.0542. The van der Waals surface area contributed by atoms with Gasteiger partial charge in [-0.1, -0.05) is 24.3 Å². The molecule has 2 aromatic rings. The predicted octanol–water partition coefficient (Wildman–Crippen LogP) is 3.22. The highest BCUT2D eigenvalue weighted by Crippen LogP contribution is 2.13. The van der Waals surface area contributed by atoms with Crippen LogP contribution in [0, 0.1) is 11.8 Å². The van der Waals surface area contributed by atoms with Gasteiger partial charge in [0.2, 0.25) is 0 Å². The fraction of sp³-hybridized carbons (Fsp3) is 0.200. The summed E-state index contributed by atoms with van der Waals surface area (Å²) in [5, 5.41) is 1.05. The highest BCUT2D eigenvalue weighted by atomic mass is 16.1. The molecule has 2 rings (SSSR count). The van der Waals surface area contributed by atoms with Crippen molar-refractivity contribution in [3.05, 3.63) is 42.1 Å². The van der Waals surface area contributed by atoms with E-state index < -0.39 is 0 Å². The van der Waals surface area contributed by atoms with Crippen molar-refractivity contribution in [1.82, 2.24) is 4.98 Å². The lowest BCUT2D eigenvalue weighted by Gasteiger charge is -2.00. The topological polar surface area (TPSA) is 30.0 Å². The van der Waals surface area contributed by atoms with Crippen LogP contribution in [0.1, 0.15) is 30.3 Å². The number of pyridine rings is 1. The molecule has 0 fully saturated rings. The van der Waals surface area contributed by atoms with Crippen LogP contribution in [-0.4, -0.2) is 10.8 Å². The molecule has 0 atom stereocenters. The molecule has 17 heavy (non-hydrogen) atoms. The molecule has 0 spiro atoms. The van der Waals surface area contributed by atoms with Gasteiger partial charge in [-0.3, -0.25) is 4.79 Å². The summed E-state index contributed by atoms with van der Waals surface area (Å²) in [5.41, 5.74) is 1.39. The van der Waals surface area contributed by atoms with Gasteiger partial charge in [0.25, 0.3) is 0 Å². The van der Waals surface area contributed by atoms with Gasteiger partial charge in [-0.15, -0.1) is 11.8 Å². The molecular formula is C15H13NO. The van der Waals surface area contributed by atoms with Crippen molar-refractivity contribution < 1.29 is 4.79 Å². The highest BCUT2D eigenvalue weighted by molar-refractivity contribution is 5.96. The van der Waals surface area contributed by atoms with Gasteiger partial charge in [0.05, 0.1) is 5.52 Å². The molecule has 0 amide bonds. The third kappa shape index (κ3) is 2.70. The number of aromatic nitrogens is 1. The van der Waals surface area contributed by atoms with Gasteiger partial charge in [0, 0.05) is 18.2 Å². The van der Waals surface area contributed by atoms with E-state index in [-0.39, 0.29) is 5.78 Å². The number of rotatable bonds is 3. The van der Waals surface area contributed by atoms with E-state index in [0.717, 1.165) is 10.9 Å². The number of ketones is 1. The van der Waals surface area contributed by atoms with E-state index >= 15 is 0 Å². The normalized spacial score (nSPS) is 9.71. The first kappa shape index (κ1) is 11.3. The fourth-order valence-corrected chi connectivity index (χ4v) is 1.65. The molecule has 0 saturated heterocycles. The molecule has 0 bridgehead atoms. The van der Waals surface area contributed by atoms with Crippen LogP contribution in [0.3, 0.4) is 0 Å². The highest BCUT2D eigenvalue weighted by Gasteiger charge is 2.06. The number of Topliss-reactive ketones (excluding diaryl/α,β-unsaturated/α-hetero) is 1. The van der Waals surface area contributed by atoms with Crippen LogP contribution in [-0.2, 0) is 0 Å². The van der Waals surface area contributed by atoms with Crippen molar-refractivity contribution >= 4 is 16.7 Å². The average Bonchev–Trinajstić information content (AvgIpc) is 2.38. The maximum atomic E-state index is 11.8. The third-order valence-electron chi connectivity index (χ3n) is 2.54. The van der Waals surface area contributed by atoms with Crippen molar-refractivity contribution in [2.75, 3.05) is 0 Å². The Hall–Kier alpha value is -2.14. The quantitative estimate of drug-likeness (QED) is 0.590. The molecule has 1 aromatic carbocycles. The molecule has 0 radical (unpaired) electrons. The largest absolute Gasteiger partial charge is 0.292 e. The predicted molar refractivity (Wildman–Crippen MR) is 68.8 cm³/mol. The molecule has 0 aliphatic rings. The standard InChI is InChI=1S/C15H13NO/c1-2-3-4-9-15(17)14-11-10-12-7-5-6-8-13(12)16-14/h5-8,10-11H,4,9H2,1H3. The van der Waals surface area contributed by atoms with E-state index in [9.17, 15) is 4.79 Å². The summed E-state index contributed by atoms with van der Waals surface area (Å²) in [5.74, 6) is 5.72. The molecule has 84 valence electrons. The lowest BCUT2D eigenvalue weighted by Crippen LogP contribution is -2.01. The molecule has 0 saturated carbocycles. The third-order valence-corrected chi connectivity index (χ3v) is 2.54.